The van der Waals surface area contributed by atoms with Crippen molar-refractivity contribution in [1.29, 1.82) is 0 Å². The minimum Gasteiger partial charge on any atom is -0.357 e. The van der Waals surface area contributed by atoms with Gasteiger partial charge in [-0.3, -0.25) is 4.99 Å². The van der Waals surface area contributed by atoms with E-state index in [1.165, 1.54) is 49.7 Å². The van der Waals surface area contributed by atoms with Crippen molar-refractivity contribution in [2.75, 3.05) is 51.6 Å². The molecule has 0 amide bonds. The molecule has 1 aromatic rings. The summed E-state index contributed by atoms with van der Waals surface area (Å²) in [6.45, 7) is 10.2. The Morgan fingerprint density at radius 3 is 2.93 bits per heavy atom. The van der Waals surface area contributed by atoms with Crippen molar-refractivity contribution >= 4 is 53.0 Å². The second-order valence-corrected chi connectivity index (χ2v) is 9.43. The van der Waals surface area contributed by atoms with Crippen molar-refractivity contribution in [3.05, 3.63) is 11.6 Å². The van der Waals surface area contributed by atoms with E-state index in [2.05, 4.69) is 27.0 Å². The molecule has 0 saturated carbocycles. The first-order valence-corrected chi connectivity index (χ1v) is 12.0. The third-order valence-corrected chi connectivity index (χ3v) is 7.14. The minimum absolute atomic E-state index is 0. The third kappa shape index (κ3) is 8.06. The number of likely N-dealkylation sites (tertiary alicyclic amines) is 2. The Labute approximate surface area is 189 Å². The van der Waals surface area contributed by atoms with Gasteiger partial charge in [0.15, 0.2) is 5.96 Å². The molecule has 1 N–H and O–H groups in total. The van der Waals surface area contributed by atoms with Crippen LogP contribution in [0.1, 0.15) is 39.0 Å². The minimum atomic E-state index is 0. The Balaban J connectivity index is 0.00000261. The number of piperidine rings is 1. The van der Waals surface area contributed by atoms with Gasteiger partial charge in [-0.2, -0.15) is 0 Å². The van der Waals surface area contributed by atoms with Crippen molar-refractivity contribution in [1.82, 2.24) is 20.1 Å². The number of aliphatic imine (C=N–C) groups is 1. The van der Waals surface area contributed by atoms with Gasteiger partial charge in [-0.1, -0.05) is 18.2 Å². The second kappa shape index (κ2) is 13.2. The van der Waals surface area contributed by atoms with Crippen LogP contribution in [0.5, 0.6) is 0 Å². The molecule has 3 rings (SSSR count). The maximum absolute atomic E-state index is 4.88. The van der Waals surface area contributed by atoms with E-state index in [4.69, 9.17) is 4.99 Å². The van der Waals surface area contributed by atoms with E-state index in [9.17, 15) is 0 Å². The summed E-state index contributed by atoms with van der Waals surface area (Å²) in [5.74, 6) is 3.01. The normalized spacial score (nSPS) is 21.3. The molecule has 2 aliphatic rings. The van der Waals surface area contributed by atoms with E-state index in [0.29, 0.717) is 0 Å². The van der Waals surface area contributed by atoms with E-state index < -0.39 is 0 Å². The van der Waals surface area contributed by atoms with Crippen LogP contribution in [0.3, 0.4) is 0 Å². The molecule has 3 heterocycles. The van der Waals surface area contributed by atoms with Gasteiger partial charge in [0.1, 0.15) is 4.34 Å². The molecular weight excluding hydrogens is 489 g/mol. The Morgan fingerprint density at radius 1 is 1.33 bits per heavy atom. The standard InChI is InChI=1S/C19H33N5S2.HI/c1-2-20-18(21-8-6-13-25-19-22-9-14-26-19)24-12-7-17(16-24)15-23-10-4-3-5-11-23;/h9,14,17H,2-8,10-13,15-16H2,1H3,(H,20,21);1H. The van der Waals surface area contributed by atoms with Gasteiger partial charge >= 0.3 is 0 Å². The van der Waals surface area contributed by atoms with Crippen LogP contribution >= 0.6 is 47.1 Å². The van der Waals surface area contributed by atoms with Gasteiger partial charge in [0.2, 0.25) is 0 Å². The van der Waals surface area contributed by atoms with Crippen LogP contribution in [0.15, 0.2) is 20.9 Å². The fourth-order valence-electron chi connectivity index (χ4n) is 3.80. The van der Waals surface area contributed by atoms with Crippen LogP contribution in [-0.2, 0) is 0 Å². The number of halogens is 1. The zero-order valence-electron chi connectivity index (χ0n) is 16.4. The number of nitrogens with zero attached hydrogens (tertiary/aromatic N) is 4. The van der Waals surface area contributed by atoms with Gasteiger partial charge in [-0.25, -0.2) is 4.98 Å². The summed E-state index contributed by atoms with van der Waals surface area (Å²) in [7, 11) is 0. The predicted octanol–water partition coefficient (Wildman–Crippen LogP) is 4.02. The molecule has 1 unspecified atom stereocenters. The van der Waals surface area contributed by atoms with Crippen LogP contribution in [0.2, 0.25) is 0 Å². The molecule has 2 saturated heterocycles. The molecule has 27 heavy (non-hydrogen) atoms. The largest absolute Gasteiger partial charge is 0.357 e. The zero-order valence-corrected chi connectivity index (χ0v) is 20.4. The second-order valence-electron chi connectivity index (χ2n) is 7.20. The van der Waals surface area contributed by atoms with E-state index in [1.54, 1.807) is 11.3 Å². The maximum Gasteiger partial charge on any atom is 0.193 e. The summed E-state index contributed by atoms with van der Waals surface area (Å²) in [5, 5.41) is 5.54. The monoisotopic (exact) mass is 523 g/mol. The van der Waals surface area contributed by atoms with Crippen molar-refractivity contribution in [3.63, 3.8) is 0 Å². The Morgan fingerprint density at radius 2 is 2.19 bits per heavy atom. The van der Waals surface area contributed by atoms with Crippen LogP contribution in [-0.4, -0.2) is 72.3 Å². The van der Waals surface area contributed by atoms with Crippen LogP contribution in [0, 0.1) is 5.92 Å². The van der Waals surface area contributed by atoms with Crippen molar-refractivity contribution in [2.45, 2.75) is 43.4 Å². The molecule has 8 heteroatoms. The molecule has 1 aromatic heterocycles. The lowest BCUT2D eigenvalue weighted by molar-refractivity contribution is 0.198. The van der Waals surface area contributed by atoms with Gasteiger partial charge in [0.05, 0.1) is 0 Å². The molecule has 0 spiro atoms. The first kappa shape index (κ1) is 23.2. The molecule has 0 radical (unpaired) electrons. The highest BCUT2D eigenvalue weighted by Crippen LogP contribution is 2.21. The average Bonchev–Trinajstić information content (AvgIpc) is 3.33. The fourth-order valence-corrected chi connectivity index (χ4v) is 5.43. The number of rotatable bonds is 8. The van der Waals surface area contributed by atoms with Crippen molar-refractivity contribution in [2.24, 2.45) is 10.9 Å². The lowest BCUT2D eigenvalue weighted by atomic mass is 10.1. The van der Waals surface area contributed by atoms with Crippen LogP contribution in [0.4, 0.5) is 0 Å². The zero-order chi connectivity index (χ0) is 18.0. The maximum atomic E-state index is 4.88. The summed E-state index contributed by atoms with van der Waals surface area (Å²) in [5.41, 5.74) is 0. The lowest BCUT2D eigenvalue weighted by Crippen LogP contribution is -2.41. The molecular formula is C19H34IN5S2. The van der Waals surface area contributed by atoms with E-state index >= 15 is 0 Å². The molecule has 1 atom stereocenters. The highest BCUT2D eigenvalue weighted by atomic mass is 127. The molecule has 2 fully saturated rings. The van der Waals surface area contributed by atoms with Crippen molar-refractivity contribution < 1.29 is 0 Å². The Bertz CT molecular complexity index is 534. The Kier molecular flexibility index (Phi) is 11.4. The lowest BCUT2D eigenvalue weighted by Gasteiger charge is -2.29. The smallest absolute Gasteiger partial charge is 0.193 e. The first-order valence-electron chi connectivity index (χ1n) is 10.1. The fraction of sp³-hybridized carbons (Fsp3) is 0.789. The number of guanidine groups is 1. The molecule has 0 aliphatic carbocycles. The number of nitrogens with one attached hydrogen (secondary N) is 1. The van der Waals surface area contributed by atoms with Gasteiger partial charge < -0.3 is 15.1 Å². The van der Waals surface area contributed by atoms with Gasteiger partial charge in [0.25, 0.3) is 0 Å². The van der Waals surface area contributed by atoms with E-state index in [-0.39, 0.29) is 24.0 Å². The van der Waals surface area contributed by atoms with Gasteiger partial charge in [-0.05, 0) is 51.6 Å². The number of hydrogen-bond acceptors (Lipinski definition) is 5. The van der Waals surface area contributed by atoms with E-state index in [1.807, 2.05) is 23.3 Å². The molecule has 2 aliphatic heterocycles. The molecule has 0 bridgehead atoms. The third-order valence-electron chi connectivity index (χ3n) is 5.08. The van der Waals surface area contributed by atoms with E-state index in [0.717, 1.165) is 50.2 Å². The number of hydrogen-bond donors (Lipinski definition) is 1. The number of thioether (sulfide) groups is 1. The molecule has 154 valence electrons. The van der Waals surface area contributed by atoms with Crippen molar-refractivity contribution in [3.8, 4) is 0 Å². The number of aromatic nitrogens is 1. The highest BCUT2D eigenvalue weighted by molar-refractivity contribution is 14.0. The average molecular weight is 524 g/mol. The predicted molar refractivity (Wildman–Crippen MR) is 129 cm³/mol. The SMILES string of the molecule is CCNC(=NCCCSc1nccs1)N1CCC(CN2CCCCC2)C1.I. The topological polar surface area (TPSA) is 43.8 Å². The summed E-state index contributed by atoms with van der Waals surface area (Å²) >= 11 is 3.56. The summed E-state index contributed by atoms with van der Waals surface area (Å²) in [6.07, 6.45) is 8.48. The molecule has 0 aromatic carbocycles. The van der Waals surface area contributed by atoms with Gasteiger partial charge in [-0.15, -0.1) is 35.3 Å². The Hall–Kier alpha value is -0.0600. The van der Waals surface area contributed by atoms with Crippen LogP contribution in [0.25, 0.3) is 0 Å². The van der Waals surface area contributed by atoms with Crippen LogP contribution < -0.4 is 5.32 Å². The van der Waals surface area contributed by atoms with Gasteiger partial charge in [0, 0.05) is 50.1 Å². The number of thiazole rings is 1. The summed E-state index contributed by atoms with van der Waals surface area (Å²) < 4.78 is 1.17. The summed E-state index contributed by atoms with van der Waals surface area (Å²) in [6, 6.07) is 0. The quantitative estimate of drug-likeness (QED) is 0.183. The molecule has 5 nitrogen and oxygen atoms in total. The first-order chi connectivity index (χ1) is 12.8. The highest BCUT2D eigenvalue weighted by Gasteiger charge is 2.26. The summed E-state index contributed by atoms with van der Waals surface area (Å²) in [4.78, 5) is 14.4.